The fraction of sp³-hybridized carbons (Fsp3) is 0.824. The number of aliphatic hydroxyl groups excluding tert-OH is 2. The van der Waals surface area contributed by atoms with Gasteiger partial charge in [-0.25, -0.2) is 4.79 Å². The van der Waals surface area contributed by atoms with E-state index in [9.17, 15) is 24.9 Å². The molecule has 0 aromatic heterocycles. The Morgan fingerprint density at radius 1 is 1.00 bits per heavy atom. The van der Waals surface area contributed by atoms with Gasteiger partial charge in [0.1, 0.15) is 6.10 Å². The van der Waals surface area contributed by atoms with Crippen LogP contribution in [0.25, 0.3) is 0 Å². The van der Waals surface area contributed by atoms with Gasteiger partial charge in [-0.15, -0.1) is 0 Å². The second-order valence-corrected chi connectivity index (χ2v) is 14.8. The van der Waals surface area contributed by atoms with E-state index in [0.717, 1.165) is 44.1 Å². The second kappa shape index (κ2) is 10.9. The zero-order chi connectivity index (χ0) is 29.0. The van der Waals surface area contributed by atoms with Gasteiger partial charge < -0.3 is 20.1 Å². The fourth-order valence-electron chi connectivity index (χ4n) is 10.9. The third-order valence-corrected chi connectivity index (χ3v) is 12.9. The molecule has 3 N–H and O–H groups in total. The van der Waals surface area contributed by atoms with Crippen molar-refractivity contribution >= 4 is 11.9 Å². The van der Waals surface area contributed by atoms with Gasteiger partial charge in [-0.3, -0.25) is 4.79 Å². The Morgan fingerprint density at radius 3 is 2.35 bits per heavy atom. The van der Waals surface area contributed by atoms with Crippen LogP contribution in [-0.4, -0.2) is 45.6 Å². The molecule has 0 bridgehead atoms. The summed E-state index contributed by atoms with van der Waals surface area (Å²) in [5.74, 6) is -0.847. The molecule has 0 heterocycles. The van der Waals surface area contributed by atoms with Crippen molar-refractivity contribution in [2.75, 3.05) is 0 Å². The quantitative estimate of drug-likeness (QED) is 0.200. The Bertz CT molecular complexity index is 1070. The normalized spacial score (nSPS) is 46.1. The van der Waals surface area contributed by atoms with Crippen LogP contribution < -0.4 is 0 Å². The summed E-state index contributed by atoms with van der Waals surface area (Å²) in [6.07, 6.45) is 12.5. The molecule has 5 rings (SSSR count). The van der Waals surface area contributed by atoms with Crippen molar-refractivity contribution in [1.82, 2.24) is 0 Å². The highest BCUT2D eigenvalue weighted by atomic mass is 16.5. The number of carbonyl (C=O) groups is 2. The fourth-order valence-corrected chi connectivity index (χ4v) is 10.9. The first kappa shape index (κ1) is 29.8. The maximum Gasteiger partial charge on any atom is 0.331 e. The summed E-state index contributed by atoms with van der Waals surface area (Å²) in [7, 11) is 0. The minimum atomic E-state index is -0.925. The van der Waals surface area contributed by atoms with Gasteiger partial charge in [0.15, 0.2) is 0 Å². The van der Waals surface area contributed by atoms with E-state index in [4.69, 9.17) is 4.74 Å². The average molecular weight is 557 g/mol. The Morgan fingerprint density at radius 2 is 1.70 bits per heavy atom. The number of hydrogen-bond donors (Lipinski definition) is 3. The number of hydrogen-bond acceptors (Lipinski definition) is 5. The summed E-state index contributed by atoms with van der Waals surface area (Å²) in [5, 5.41) is 33.2. The summed E-state index contributed by atoms with van der Waals surface area (Å²) in [6.45, 7) is 10.5. The van der Waals surface area contributed by atoms with Gasteiger partial charge in [-0.05, 0) is 123 Å². The highest BCUT2D eigenvalue weighted by Crippen LogP contribution is 2.74. The standard InChI is InChI=1S/C34H52O6/c1-20-24-14-17-33(4)30(32(24,3)16-15-26(20)36)27(37)18-25-29(28(40-21(2)35)19-34(25,33)5)23(31(38)39)13-9-12-22-10-7-6-8-11-22/h12,20,24-28,30,36-37H,6-11,13-19H2,1-5H3,(H,38,39)/b29-23-/t20-,24-,25-,26+,27+,28-,30-,32-,33-,34-/m0/s1. The van der Waals surface area contributed by atoms with E-state index in [1.165, 1.54) is 31.8 Å². The van der Waals surface area contributed by atoms with Crippen LogP contribution in [0.3, 0.4) is 0 Å². The second-order valence-electron chi connectivity index (χ2n) is 14.8. The molecule has 0 saturated heterocycles. The number of carboxylic acids is 1. The summed E-state index contributed by atoms with van der Waals surface area (Å²) >= 11 is 0. The number of aliphatic carboxylic acids is 1. The zero-order valence-electron chi connectivity index (χ0n) is 25.4. The van der Waals surface area contributed by atoms with Gasteiger partial charge >= 0.3 is 11.9 Å². The molecule has 5 aliphatic carbocycles. The van der Waals surface area contributed by atoms with Crippen molar-refractivity contribution in [3.05, 3.63) is 22.8 Å². The van der Waals surface area contributed by atoms with Crippen molar-refractivity contribution in [3.8, 4) is 0 Å². The minimum Gasteiger partial charge on any atom is -0.478 e. The molecular weight excluding hydrogens is 504 g/mol. The van der Waals surface area contributed by atoms with Crippen LogP contribution in [0.15, 0.2) is 22.8 Å². The first-order valence-electron chi connectivity index (χ1n) is 16.0. The lowest BCUT2D eigenvalue weighted by Crippen LogP contribution is -2.65. The molecule has 0 aromatic carbocycles. The summed E-state index contributed by atoms with van der Waals surface area (Å²) < 4.78 is 5.94. The molecule has 0 aromatic rings. The lowest BCUT2D eigenvalue weighted by atomic mass is 9.36. The van der Waals surface area contributed by atoms with Gasteiger partial charge in [0.2, 0.25) is 0 Å². The summed E-state index contributed by atoms with van der Waals surface area (Å²) in [6, 6.07) is 0. The van der Waals surface area contributed by atoms with Crippen molar-refractivity contribution < 1.29 is 29.6 Å². The molecule has 0 spiro atoms. The van der Waals surface area contributed by atoms with E-state index in [2.05, 4.69) is 33.8 Å². The summed E-state index contributed by atoms with van der Waals surface area (Å²) in [5.41, 5.74) is 1.94. The predicted molar refractivity (Wildman–Crippen MR) is 154 cm³/mol. The average Bonchev–Trinajstić information content (AvgIpc) is 3.16. The van der Waals surface area contributed by atoms with Crippen LogP contribution in [0, 0.1) is 39.9 Å². The first-order valence-corrected chi connectivity index (χ1v) is 16.0. The summed E-state index contributed by atoms with van der Waals surface area (Å²) in [4.78, 5) is 25.1. The highest BCUT2D eigenvalue weighted by Gasteiger charge is 2.70. The van der Waals surface area contributed by atoms with Crippen molar-refractivity contribution in [3.63, 3.8) is 0 Å². The lowest BCUT2D eigenvalue weighted by molar-refractivity contribution is -0.234. The largest absolute Gasteiger partial charge is 0.478 e. The van der Waals surface area contributed by atoms with E-state index in [0.29, 0.717) is 37.2 Å². The van der Waals surface area contributed by atoms with Crippen molar-refractivity contribution in [2.24, 2.45) is 39.9 Å². The molecule has 0 unspecified atom stereocenters. The smallest absolute Gasteiger partial charge is 0.331 e. The molecule has 0 radical (unpaired) electrons. The number of carboxylic acid groups (broad SMARTS) is 1. The van der Waals surface area contributed by atoms with Crippen LogP contribution in [0.1, 0.15) is 118 Å². The number of allylic oxidation sites excluding steroid dienone is 2. The minimum absolute atomic E-state index is 0.0524. The Hall–Kier alpha value is -1.66. The van der Waals surface area contributed by atoms with Gasteiger partial charge in [0, 0.05) is 12.5 Å². The maximum absolute atomic E-state index is 12.8. The van der Waals surface area contributed by atoms with Gasteiger partial charge in [-0.1, -0.05) is 45.8 Å². The molecule has 5 saturated carbocycles. The van der Waals surface area contributed by atoms with Crippen molar-refractivity contribution in [2.45, 2.75) is 136 Å². The lowest BCUT2D eigenvalue weighted by Gasteiger charge is -2.69. The van der Waals surface area contributed by atoms with Crippen LogP contribution >= 0.6 is 0 Å². The van der Waals surface area contributed by atoms with E-state index in [1.807, 2.05) is 0 Å². The van der Waals surface area contributed by atoms with Gasteiger partial charge in [-0.2, -0.15) is 0 Å². The van der Waals surface area contributed by atoms with Gasteiger partial charge in [0.05, 0.1) is 12.2 Å². The van der Waals surface area contributed by atoms with Gasteiger partial charge in [0.25, 0.3) is 0 Å². The Balaban J connectivity index is 1.54. The van der Waals surface area contributed by atoms with Crippen LogP contribution in [0.2, 0.25) is 0 Å². The maximum atomic E-state index is 12.8. The number of carbonyl (C=O) groups excluding carboxylic acids is 1. The van der Waals surface area contributed by atoms with Crippen LogP contribution in [0.4, 0.5) is 0 Å². The molecule has 6 heteroatoms. The number of rotatable bonds is 5. The molecule has 5 fully saturated rings. The molecule has 6 nitrogen and oxygen atoms in total. The molecule has 0 aliphatic heterocycles. The Labute approximate surface area is 240 Å². The third-order valence-electron chi connectivity index (χ3n) is 12.9. The first-order chi connectivity index (χ1) is 18.8. The molecule has 224 valence electrons. The van der Waals surface area contributed by atoms with E-state index >= 15 is 0 Å². The van der Waals surface area contributed by atoms with Crippen LogP contribution in [-0.2, 0) is 14.3 Å². The highest BCUT2D eigenvalue weighted by molar-refractivity contribution is 5.88. The third kappa shape index (κ3) is 4.69. The zero-order valence-corrected chi connectivity index (χ0v) is 25.4. The molecule has 5 aliphatic rings. The van der Waals surface area contributed by atoms with Crippen molar-refractivity contribution in [1.29, 1.82) is 0 Å². The molecule has 10 atom stereocenters. The number of fused-ring (bicyclic) bond motifs is 5. The molecule has 40 heavy (non-hydrogen) atoms. The van der Waals surface area contributed by atoms with E-state index < -0.39 is 18.2 Å². The molecule has 0 amide bonds. The Kier molecular flexibility index (Phi) is 8.11. The number of aliphatic hydroxyl groups is 2. The van der Waals surface area contributed by atoms with Crippen LogP contribution in [0.5, 0.6) is 0 Å². The SMILES string of the molecule is CC(=O)O[C@H]1C[C@@]2(C)[C@@H](C[C@@H](O)[C@H]3[C@@]4(C)CC[C@@H](O)[C@@H](C)[C@@H]4CC[C@@]32C)/C1=C(\CCC=C1CCCCC1)C(=O)O. The van der Waals surface area contributed by atoms with E-state index in [1.54, 1.807) is 0 Å². The predicted octanol–water partition coefficient (Wildman–Crippen LogP) is 6.59. The monoisotopic (exact) mass is 556 g/mol. The molecular formula is C34H52O6. The number of esters is 1. The topological polar surface area (TPSA) is 104 Å². The van der Waals surface area contributed by atoms with E-state index in [-0.39, 0.29) is 46.1 Å². The number of ether oxygens (including phenoxy) is 1.